The van der Waals surface area contributed by atoms with Crippen LogP contribution in [-0.4, -0.2) is 42.0 Å². The van der Waals surface area contributed by atoms with Gasteiger partial charge in [-0.3, -0.25) is 14.5 Å². The smallest absolute Gasteiger partial charge is 0.322 e. The Bertz CT molecular complexity index is 480. The van der Waals surface area contributed by atoms with Crippen molar-refractivity contribution < 1.29 is 14.7 Å². The van der Waals surface area contributed by atoms with Gasteiger partial charge in [0, 0.05) is 6.54 Å². The fourth-order valence-corrected chi connectivity index (χ4v) is 1.80. The number of nitrogens with one attached hydrogen (secondary N) is 1. The van der Waals surface area contributed by atoms with E-state index in [2.05, 4.69) is 5.32 Å². The van der Waals surface area contributed by atoms with Crippen LogP contribution in [0.15, 0.2) is 18.2 Å². The first kappa shape index (κ1) is 15.8. The van der Waals surface area contributed by atoms with Gasteiger partial charge in [-0.05, 0) is 24.7 Å². The van der Waals surface area contributed by atoms with Crippen LogP contribution in [0.2, 0.25) is 10.0 Å². The Hall–Kier alpha value is -1.30. The molecule has 0 aliphatic heterocycles. The van der Waals surface area contributed by atoms with Crippen LogP contribution < -0.4 is 5.32 Å². The Balaban J connectivity index is 2.46. The summed E-state index contributed by atoms with van der Waals surface area (Å²) in [5, 5.41) is 11.7. The number of aliphatic carboxylic acids is 1. The fraction of sp³-hybridized carbons (Fsp3) is 0.333. The first-order valence-electron chi connectivity index (χ1n) is 5.49. The normalized spacial score (nSPS) is 10.5. The number of hydrogen-bond donors (Lipinski definition) is 2. The van der Waals surface area contributed by atoms with Gasteiger partial charge in [0.2, 0.25) is 5.91 Å². The summed E-state index contributed by atoms with van der Waals surface area (Å²) in [5.74, 6) is -1.41. The number of likely N-dealkylation sites (N-methyl/N-ethyl adjacent to an activating group) is 1. The molecule has 0 aromatic heterocycles. The molecule has 0 aliphatic carbocycles. The van der Waals surface area contributed by atoms with E-state index < -0.39 is 5.97 Å². The molecule has 0 atom stereocenters. The number of benzene rings is 1. The predicted octanol–water partition coefficient (Wildman–Crippen LogP) is 1.63. The number of nitrogens with zero attached hydrogens (tertiary/aromatic N) is 1. The summed E-state index contributed by atoms with van der Waals surface area (Å²) in [6.07, 6.45) is 0. The highest BCUT2D eigenvalue weighted by molar-refractivity contribution is 6.42. The molecule has 1 aromatic rings. The third-order valence-electron chi connectivity index (χ3n) is 2.29. The Morgan fingerprint density at radius 2 is 2.00 bits per heavy atom. The zero-order valence-electron chi connectivity index (χ0n) is 10.3. The van der Waals surface area contributed by atoms with Crippen molar-refractivity contribution in [1.29, 1.82) is 0 Å². The van der Waals surface area contributed by atoms with Crippen molar-refractivity contribution in [3.05, 3.63) is 33.8 Å². The second-order valence-corrected chi connectivity index (χ2v) is 4.91. The first-order chi connectivity index (χ1) is 8.88. The van der Waals surface area contributed by atoms with Gasteiger partial charge in [0.1, 0.15) is 6.54 Å². The lowest BCUT2D eigenvalue weighted by Crippen LogP contribution is -2.37. The van der Waals surface area contributed by atoms with E-state index in [1.54, 1.807) is 24.1 Å². The van der Waals surface area contributed by atoms with Crippen LogP contribution in [0.5, 0.6) is 0 Å². The number of hydrogen-bond acceptors (Lipinski definition) is 3. The summed E-state index contributed by atoms with van der Waals surface area (Å²) in [4.78, 5) is 23.4. The summed E-state index contributed by atoms with van der Waals surface area (Å²) in [7, 11) is 1.75. The number of carbonyl (C=O) groups excluding carboxylic acids is 1. The van der Waals surface area contributed by atoms with Crippen LogP contribution in [0.3, 0.4) is 0 Å². The van der Waals surface area contributed by atoms with E-state index in [0.29, 0.717) is 16.6 Å². The Kier molecular flexibility index (Phi) is 6.08. The Morgan fingerprint density at radius 1 is 1.32 bits per heavy atom. The van der Waals surface area contributed by atoms with Crippen molar-refractivity contribution in [2.45, 2.75) is 6.54 Å². The van der Waals surface area contributed by atoms with Gasteiger partial charge in [0.05, 0.1) is 16.6 Å². The van der Waals surface area contributed by atoms with Gasteiger partial charge in [-0.2, -0.15) is 0 Å². The molecule has 5 nitrogen and oxygen atoms in total. The molecule has 0 aliphatic rings. The summed E-state index contributed by atoms with van der Waals surface area (Å²) in [5.41, 5.74) is 0.919. The number of rotatable bonds is 6. The van der Waals surface area contributed by atoms with Gasteiger partial charge in [0.15, 0.2) is 0 Å². The highest BCUT2D eigenvalue weighted by Crippen LogP contribution is 2.22. The molecule has 19 heavy (non-hydrogen) atoms. The van der Waals surface area contributed by atoms with Gasteiger partial charge >= 0.3 is 5.97 Å². The largest absolute Gasteiger partial charge is 0.480 e. The zero-order valence-corrected chi connectivity index (χ0v) is 11.8. The lowest BCUT2D eigenvalue weighted by molar-refractivity contribution is -0.138. The van der Waals surface area contributed by atoms with Crippen molar-refractivity contribution >= 4 is 35.1 Å². The molecular formula is C12H14Cl2N2O3. The molecule has 2 N–H and O–H groups in total. The highest BCUT2D eigenvalue weighted by Gasteiger charge is 2.09. The number of carboxylic acid groups (broad SMARTS) is 1. The van der Waals surface area contributed by atoms with Crippen molar-refractivity contribution in [3.8, 4) is 0 Å². The van der Waals surface area contributed by atoms with E-state index in [1.807, 2.05) is 6.07 Å². The summed E-state index contributed by atoms with van der Waals surface area (Å²) < 4.78 is 0. The standard InChI is InChI=1S/C12H14Cl2N2O3/c1-16(7-11(17)15-5-12(18)19)6-8-2-3-9(13)10(14)4-8/h2-4H,5-7H2,1H3,(H,15,17)(H,18,19). The second kappa shape index (κ2) is 7.33. The second-order valence-electron chi connectivity index (χ2n) is 4.09. The average molecular weight is 305 g/mol. The van der Waals surface area contributed by atoms with E-state index in [-0.39, 0.29) is 19.0 Å². The monoisotopic (exact) mass is 304 g/mol. The molecule has 0 bridgehead atoms. The molecule has 0 heterocycles. The number of amides is 1. The van der Waals surface area contributed by atoms with Crippen LogP contribution in [0.25, 0.3) is 0 Å². The van der Waals surface area contributed by atoms with Crippen molar-refractivity contribution in [1.82, 2.24) is 10.2 Å². The van der Waals surface area contributed by atoms with Gasteiger partial charge in [-0.25, -0.2) is 0 Å². The Morgan fingerprint density at radius 3 is 2.58 bits per heavy atom. The molecule has 0 fully saturated rings. The van der Waals surface area contributed by atoms with Crippen LogP contribution in [0, 0.1) is 0 Å². The first-order valence-corrected chi connectivity index (χ1v) is 6.25. The molecule has 1 amide bonds. The predicted molar refractivity (Wildman–Crippen MR) is 73.4 cm³/mol. The highest BCUT2D eigenvalue weighted by atomic mass is 35.5. The van der Waals surface area contributed by atoms with Crippen molar-refractivity contribution in [3.63, 3.8) is 0 Å². The minimum absolute atomic E-state index is 0.105. The molecule has 1 aromatic carbocycles. The maximum Gasteiger partial charge on any atom is 0.322 e. The molecule has 0 spiro atoms. The molecule has 104 valence electrons. The minimum Gasteiger partial charge on any atom is -0.480 e. The zero-order chi connectivity index (χ0) is 14.4. The van der Waals surface area contributed by atoms with E-state index in [1.165, 1.54) is 0 Å². The maximum absolute atomic E-state index is 11.4. The number of halogens is 2. The van der Waals surface area contributed by atoms with E-state index >= 15 is 0 Å². The summed E-state index contributed by atoms with van der Waals surface area (Å²) in [6, 6.07) is 5.24. The quantitative estimate of drug-likeness (QED) is 0.838. The molecular weight excluding hydrogens is 291 g/mol. The third-order valence-corrected chi connectivity index (χ3v) is 3.03. The van der Waals surface area contributed by atoms with E-state index in [4.69, 9.17) is 28.3 Å². The third kappa shape index (κ3) is 5.92. The van der Waals surface area contributed by atoms with Crippen LogP contribution in [0.1, 0.15) is 5.56 Å². The van der Waals surface area contributed by atoms with Crippen LogP contribution in [-0.2, 0) is 16.1 Å². The van der Waals surface area contributed by atoms with E-state index in [0.717, 1.165) is 5.56 Å². The minimum atomic E-state index is -1.07. The lowest BCUT2D eigenvalue weighted by atomic mass is 10.2. The molecule has 7 heteroatoms. The molecule has 1 rings (SSSR count). The van der Waals surface area contributed by atoms with Crippen molar-refractivity contribution in [2.75, 3.05) is 20.1 Å². The van der Waals surface area contributed by atoms with Gasteiger partial charge in [-0.15, -0.1) is 0 Å². The number of carbonyl (C=O) groups is 2. The fourth-order valence-electron chi connectivity index (χ4n) is 1.48. The SMILES string of the molecule is CN(CC(=O)NCC(=O)O)Cc1ccc(Cl)c(Cl)c1. The van der Waals surface area contributed by atoms with Gasteiger partial charge < -0.3 is 10.4 Å². The topological polar surface area (TPSA) is 69.6 Å². The molecule has 0 radical (unpaired) electrons. The summed E-state index contributed by atoms with van der Waals surface area (Å²) in [6.45, 7) is 0.240. The molecule has 0 saturated heterocycles. The van der Waals surface area contributed by atoms with Crippen molar-refractivity contribution in [2.24, 2.45) is 0 Å². The molecule has 0 unspecified atom stereocenters. The molecule has 0 saturated carbocycles. The van der Waals surface area contributed by atoms with Gasteiger partial charge in [-0.1, -0.05) is 29.3 Å². The van der Waals surface area contributed by atoms with Gasteiger partial charge in [0.25, 0.3) is 0 Å². The maximum atomic E-state index is 11.4. The van der Waals surface area contributed by atoms with Crippen LogP contribution in [0.4, 0.5) is 0 Å². The van der Waals surface area contributed by atoms with E-state index in [9.17, 15) is 9.59 Å². The average Bonchev–Trinajstić information content (AvgIpc) is 2.31. The lowest BCUT2D eigenvalue weighted by Gasteiger charge is -2.16. The van der Waals surface area contributed by atoms with Crippen LogP contribution >= 0.6 is 23.2 Å². The number of carboxylic acids is 1. The summed E-state index contributed by atoms with van der Waals surface area (Å²) >= 11 is 11.7. The Labute approximate surface area is 121 Å².